The number of carbonyl (C=O) groups excluding carboxylic acids is 1. The van der Waals surface area contributed by atoms with Gasteiger partial charge in [0.2, 0.25) is 0 Å². The molecule has 0 radical (unpaired) electrons. The molecule has 0 aromatic heterocycles. The number of rotatable bonds is 7. The lowest BCUT2D eigenvalue weighted by molar-refractivity contribution is -0.141. The maximum atomic E-state index is 11.9. The van der Waals surface area contributed by atoms with Crippen LogP contribution in [0.25, 0.3) is 0 Å². The molecule has 1 amide bonds. The van der Waals surface area contributed by atoms with E-state index in [-0.39, 0.29) is 11.8 Å². The number of hydrogen-bond acceptors (Lipinski definition) is 2. The number of carboxylic acid groups (broad SMARTS) is 1. The van der Waals surface area contributed by atoms with E-state index in [0.29, 0.717) is 30.9 Å². The molecule has 0 aliphatic rings. The Hall–Kier alpha value is -1.84. The molecule has 0 spiro atoms. The van der Waals surface area contributed by atoms with Crippen LogP contribution < -0.4 is 5.32 Å². The van der Waals surface area contributed by atoms with E-state index in [0.717, 1.165) is 0 Å². The topological polar surface area (TPSA) is 66.4 Å². The fourth-order valence-corrected chi connectivity index (χ4v) is 1.86. The molecule has 1 rings (SSSR count). The molecule has 110 valence electrons. The van der Waals surface area contributed by atoms with Crippen molar-refractivity contribution in [2.45, 2.75) is 39.5 Å². The highest BCUT2D eigenvalue weighted by Gasteiger charge is 2.10. The zero-order valence-corrected chi connectivity index (χ0v) is 12.3. The first-order valence-electron chi connectivity index (χ1n) is 7.02. The molecule has 0 aliphatic carbocycles. The highest BCUT2D eigenvalue weighted by molar-refractivity contribution is 5.94. The van der Waals surface area contributed by atoms with Crippen molar-refractivity contribution in [3.8, 4) is 0 Å². The molecule has 0 aliphatic heterocycles. The summed E-state index contributed by atoms with van der Waals surface area (Å²) in [5.41, 5.74) is 1.84. The van der Waals surface area contributed by atoms with Gasteiger partial charge in [-0.05, 0) is 36.5 Å². The molecule has 0 saturated heterocycles. The van der Waals surface area contributed by atoms with Crippen molar-refractivity contribution in [3.63, 3.8) is 0 Å². The van der Waals surface area contributed by atoms with Gasteiger partial charge >= 0.3 is 5.97 Å². The second-order valence-corrected chi connectivity index (χ2v) is 5.41. The van der Waals surface area contributed by atoms with Crippen molar-refractivity contribution in [2.24, 2.45) is 5.92 Å². The third kappa shape index (κ3) is 5.03. The lowest BCUT2D eigenvalue weighted by atomic mass is 10.0. The number of carboxylic acids is 1. The van der Waals surface area contributed by atoms with Crippen LogP contribution in [0.3, 0.4) is 0 Å². The third-order valence-corrected chi connectivity index (χ3v) is 3.36. The van der Waals surface area contributed by atoms with E-state index in [1.165, 1.54) is 5.56 Å². The largest absolute Gasteiger partial charge is 0.481 e. The van der Waals surface area contributed by atoms with Crippen molar-refractivity contribution < 1.29 is 14.7 Å². The monoisotopic (exact) mass is 277 g/mol. The number of nitrogens with one attached hydrogen (secondary N) is 1. The zero-order valence-electron chi connectivity index (χ0n) is 12.3. The van der Waals surface area contributed by atoms with E-state index < -0.39 is 5.97 Å². The maximum absolute atomic E-state index is 11.9. The van der Waals surface area contributed by atoms with Crippen molar-refractivity contribution in [2.75, 3.05) is 6.54 Å². The average molecular weight is 277 g/mol. The summed E-state index contributed by atoms with van der Waals surface area (Å²) in [4.78, 5) is 22.5. The number of hydrogen-bond donors (Lipinski definition) is 2. The first-order valence-corrected chi connectivity index (χ1v) is 7.02. The van der Waals surface area contributed by atoms with Gasteiger partial charge < -0.3 is 10.4 Å². The van der Waals surface area contributed by atoms with Gasteiger partial charge in [-0.2, -0.15) is 0 Å². The van der Waals surface area contributed by atoms with Gasteiger partial charge in [0.05, 0.1) is 5.92 Å². The van der Waals surface area contributed by atoms with Crippen molar-refractivity contribution in [1.29, 1.82) is 0 Å². The molecule has 2 N–H and O–H groups in total. The van der Waals surface area contributed by atoms with E-state index in [1.807, 2.05) is 24.3 Å². The molecule has 4 heteroatoms. The van der Waals surface area contributed by atoms with Crippen molar-refractivity contribution >= 4 is 11.9 Å². The minimum Gasteiger partial charge on any atom is -0.481 e. The van der Waals surface area contributed by atoms with Crippen molar-refractivity contribution in [3.05, 3.63) is 35.4 Å². The van der Waals surface area contributed by atoms with Gasteiger partial charge in [0.1, 0.15) is 0 Å². The molecule has 1 atom stereocenters. The molecule has 1 aromatic rings. The summed E-state index contributed by atoms with van der Waals surface area (Å²) < 4.78 is 0. The average Bonchev–Trinajstić information content (AvgIpc) is 2.43. The number of aliphatic carboxylic acids is 1. The minimum absolute atomic E-state index is 0.108. The quantitative estimate of drug-likeness (QED) is 0.753. The standard InChI is InChI=1S/C16H23NO3/c1-11(2)13-6-8-14(9-7-13)15(18)17-10-4-5-12(3)16(19)20/h6-9,11-12H,4-5,10H2,1-3H3,(H,17,18)(H,19,20). The highest BCUT2D eigenvalue weighted by Crippen LogP contribution is 2.14. The van der Waals surface area contributed by atoms with Gasteiger partial charge in [-0.3, -0.25) is 9.59 Å². The summed E-state index contributed by atoms with van der Waals surface area (Å²) in [6.45, 7) is 6.40. The molecule has 0 saturated carbocycles. The highest BCUT2D eigenvalue weighted by atomic mass is 16.4. The summed E-state index contributed by atoms with van der Waals surface area (Å²) in [7, 11) is 0. The van der Waals surface area contributed by atoms with E-state index >= 15 is 0 Å². The van der Waals surface area contributed by atoms with Crippen LogP contribution in [0.15, 0.2) is 24.3 Å². The van der Waals surface area contributed by atoms with Crippen LogP contribution in [0, 0.1) is 5.92 Å². The molecule has 0 bridgehead atoms. The second-order valence-electron chi connectivity index (χ2n) is 5.41. The SMILES string of the molecule is CC(CCCNC(=O)c1ccc(C(C)C)cc1)C(=O)O. The van der Waals surface area contributed by atoms with Gasteiger partial charge in [0.25, 0.3) is 5.91 Å². The number of carbonyl (C=O) groups is 2. The van der Waals surface area contributed by atoms with E-state index in [2.05, 4.69) is 19.2 Å². The zero-order chi connectivity index (χ0) is 15.1. The third-order valence-electron chi connectivity index (χ3n) is 3.36. The van der Waals surface area contributed by atoms with Gasteiger partial charge in [0, 0.05) is 12.1 Å². The molecule has 20 heavy (non-hydrogen) atoms. The smallest absolute Gasteiger partial charge is 0.306 e. The summed E-state index contributed by atoms with van der Waals surface area (Å²) in [5, 5.41) is 11.6. The van der Waals surface area contributed by atoms with E-state index in [9.17, 15) is 9.59 Å². The molecule has 0 heterocycles. The Morgan fingerprint density at radius 2 is 1.75 bits per heavy atom. The lowest BCUT2D eigenvalue weighted by Gasteiger charge is -2.09. The number of benzene rings is 1. The Morgan fingerprint density at radius 1 is 1.15 bits per heavy atom. The van der Waals surface area contributed by atoms with Crippen LogP contribution in [-0.2, 0) is 4.79 Å². The predicted molar refractivity (Wildman–Crippen MR) is 78.9 cm³/mol. The normalized spacial score (nSPS) is 12.2. The van der Waals surface area contributed by atoms with Crippen LogP contribution in [0.4, 0.5) is 0 Å². The van der Waals surface area contributed by atoms with Gasteiger partial charge in [0.15, 0.2) is 0 Å². The van der Waals surface area contributed by atoms with Gasteiger partial charge in [-0.1, -0.05) is 32.9 Å². The molecule has 4 nitrogen and oxygen atoms in total. The first-order chi connectivity index (χ1) is 9.41. The van der Waals surface area contributed by atoms with Gasteiger partial charge in [-0.15, -0.1) is 0 Å². The summed E-state index contributed by atoms with van der Waals surface area (Å²) in [5.74, 6) is -0.814. The van der Waals surface area contributed by atoms with Crippen LogP contribution in [0.2, 0.25) is 0 Å². The van der Waals surface area contributed by atoms with Crippen LogP contribution in [0.1, 0.15) is 55.5 Å². The predicted octanol–water partition coefficient (Wildman–Crippen LogP) is 3.04. The Balaban J connectivity index is 2.37. The van der Waals surface area contributed by atoms with Crippen molar-refractivity contribution in [1.82, 2.24) is 5.32 Å². The Kier molecular flexibility index (Phi) is 6.22. The maximum Gasteiger partial charge on any atom is 0.306 e. The van der Waals surface area contributed by atoms with Crippen LogP contribution in [0.5, 0.6) is 0 Å². The van der Waals surface area contributed by atoms with Crippen LogP contribution in [-0.4, -0.2) is 23.5 Å². The second kappa shape index (κ2) is 7.68. The summed E-state index contributed by atoms with van der Waals surface area (Å²) in [6, 6.07) is 7.58. The summed E-state index contributed by atoms with van der Waals surface area (Å²) >= 11 is 0. The fourth-order valence-electron chi connectivity index (χ4n) is 1.86. The first kappa shape index (κ1) is 16.2. The van der Waals surface area contributed by atoms with Gasteiger partial charge in [-0.25, -0.2) is 0 Å². The Labute approximate surface area is 120 Å². The Morgan fingerprint density at radius 3 is 2.25 bits per heavy atom. The van der Waals surface area contributed by atoms with E-state index in [4.69, 9.17) is 5.11 Å². The van der Waals surface area contributed by atoms with Crippen LogP contribution >= 0.6 is 0 Å². The molecular formula is C16H23NO3. The van der Waals surface area contributed by atoms with E-state index in [1.54, 1.807) is 6.92 Å². The summed E-state index contributed by atoms with van der Waals surface area (Å²) in [6.07, 6.45) is 1.24. The minimum atomic E-state index is -0.791. The fraction of sp³-hybridized carbons (Fsp3) is 0.500. The molecule has 1 aromatic carbocycles. The molecule has 1 unspecified atom stereocenters. The number of amides is 1. The Bertz CT molecular complexity index is 451. The lowest BCUT2D eigenvalue weighted by Crippen LogP contribution is -2.25. The molecule has 0 fully saturated rings. The molecular weight excluding hydrogens is 254 g/mol.